The predicted molar refractivity (Wildman–Crippen MR) is 70.6 cm³/mol. The maximum absolute atomic E-state index is 11.9. The van der Waals surface area contributed by atoms with Crippen LogP contribution in [0.1, 0.15) is 5.69 Å². The molecule has 0 atom stereocenters. The molecular formula is C13H20KN4O-. The fourth-order valence-corrected chi connectivity index (χ4v) is 1.78. The molecule has 0 fully saturated rings. The molecular weight excluding hydrogens is 267 g/mol. The summed E-state index contributed by atoms with van der Waals surface area (Å²) < 4.78 is 1.90. The Kier molecular flexibility index (Phi) is 9.05. The quantitative estimate of drug-likeness (QED) is 0.353. The summed E-state index contributed by atoms with van der Waals surface area (Å²) in [5, 5.41) is 4.06. The van der Waals surface area contributed by atoms with Crippen molar-refractivity contribution in [3.05, 3.63) is 37.5 Å². The molecule has 1 aliphatic rings. The molecule has 0 bridgehead atoms. The van der Waals surface area contributed by atoms with E-state index in [0.29, 0.717) is 13.1 Å². The van der Waals surface area contributed by atoms with E-state index in [-0.39, 0.29) is 64.7 Å². The number of carbonyl (C=O) groups is 1. The molecule has 1 aromatic heterocycles. The van der Waals surface area contributed by atoms with Crippen molar-refractivity contribution in [2.24, 2.45) is 0 Å². The van der Waals surface area contributed by atoms with Crippen molar-refractivity contribution in [3.63, 3.8) is 0 Å². The molecule has 2 rings (SSSR count). The minimum absolute atomic E-state index is 0. The van der Waals surface area contributed by atoms with Gasteiger partial charge >= 0.3 is 51.4 Å². The van der Waals surface area contributed by atoms with Crippen LogP contribution in [0.3, 0.4) is 0 Å². The molecule has 0 unspecified atom stereocenters. The van der Waals surface area contributed by atoms with Gasteiger partial charge in [-0.3, -0.25) is 4.79 Å². The first-order valence-corrected chi connectivity index (χ1v) is 5.70. The maximum Gasteiger partial charge on any atom is 1.00 e. The number of fused-ring (bicyclic) bond motifs is 1. The summed E-state index contributed by atoms with van der Waals surface area (Å²) in [5.41, 5.74) is 1.05. The van der Waals surface area contributed by atoms with Gasteiger partial charge in [-0.05, 0) is 20.6 Å². The number of nitrogens with zero attached hydrogens (tertiary/aromatic N) is 4. The van der Waals surface area contributed by atoms with E-state index in [1.54, 1.807) is 6.08 Å². The summed E-state index contributed by atoms with van der Waals surface area (Å²) in [4.78, 5) is 15.7. The van der Waals surface area contributed by atoms with Gasteiger partial charge in [0.25, 0.3) is 0 Å². The summed E-state index contributed by atoms with van der Waals surface area (Å²) in [6.07, 6.45) is 6.35. The number of carbonyl (C=O) groups excluding carboxylic acids is 1. The standard InChI is InChI=1S/C12H17N4O.CH3.K/c1-14(2)7-3-4-12(17)15-8-9-16-11(10-15)5-6-13-16;;/h3-5H,7-10H2,1-2H3;1H3;/q2*-1;+1/b4-3+;;. The van der Waals surface area contributed by atoms with Crippen molar-refractivity contribution in [1.82, 2.24) is 19.6 Å². The van der Waals surface area contributed by atoms with E-state index < -0.39 is 0 Å². The van der Waals surface area contributed by atoms with Crippen LogP contribution in [0.25, 0.3) is 0 Å². The first-order chi connectivity index (χ1) is 8.16. The Morgan fingerprint density at radius 1 is 1.53 bits per heavy atom. The van der Waals surface area contributed by atoms with Crippen molar-refractivity contribution < 1.29 is 56.2 Å². The van der Waals surface area contributed by atoms with Gasteiger partial charge in [0, 0.05) is 25.7 Å². The molecule has 1 aliphatic heterocycles. The van der Waals surface area contributed by atoms with Crippen LogP contribution in [0.2, 0.25) is 0 Å². The van der Waals surface area contributed by atoms with Crippen LogP contribution >= 0.6 is 0 Å². The summed E-state index contributed by atoms with van der Waals surface area (Å²) in [6, 6.07) is 1.84. The van der Waals surface area contributed by atoms with E-state index in [0.717, 1.165) is 18.8 Å². The monoisotopic (exact) mass is 287 g/mol. The fraction of sp³-hybridized carbons (Fsp3) is 0.462. The molecule has 100 valence electrons. The van der Waals surface area contributed by atoms with Crippen LogP contribution in [0.15, 0.2) is 18.2 Å². The molecule has 0 saturated carbocycles. The number of aromatic nitrogens is 2. The van der Waals surface area contributed by atoms with Crippen molar-refractivity contribution in [2.45, 2.75) is 13.1 Å². The van der Waals surface area contributed by atoms with Gasteiger partial charge in [0.05, 0.1) is 0 Å². The average molecular weight is 287 g/mol. The molecule has 19 heavy (non-hydrogen) atoms. The minimum atomic E-state index is 0. The molecule has 0 aliphatic carbocycles. The Morgan fingerprint density at radius 3 is 2.95 bits per heavy atom. The van der Waals surface area contributed by atoms with Gasteiger partial charge in [-0.2, -0.15) is 6.07 Å². The summed E-state index contributed by atoms with van der Waals surface area (Å²) in [5.74, 6) is 0.0688. The second-order valence-electron chi connectivity index (χ2n) is 4.41. The Balaban J connectivity index is 0.00000162. The predicted octanol–water partition coefficient (Wildman–Crippen LogP) is -2.40. The summed E-state index contributed by atoms with van der Waals surface area (Å²) in [6.45, 7) is 2.88. The van der Waals surface area contributed by atoms with Crippen LogP contribution in [0, 0.1) is 13.6 Å². The Hall–Kier alpha value is 0.0164. The second-order valence-corrected chi connectivity index (χ2v) is 4.41. The van der Waals surface area contributed by atoms with E-state index >= 15 is 0 Å². The normalized spacial score (nSPS) is 13.9. The Morgan fingerprint density at radius 2 is 2.26 bits per heavy atom. The maximum atomic E-state index is 11.9. The molecule has 0 radical (unpaired) electrons. The van der Waals surface area contributed by atoms with Gasteiger partial charge in [0.2, 0.25) is 5.91 Å². The number of likely N-dealkylation sites (N-methyl/N-ethyl adjacent to an activating group) is 1. The average Bonchev–Trinajstić information content (AvgIpc) is 2.75. The number of hydrogen-bond donors (Lipinski definition) is 0. The minimum Gasteiger partial charge on any atom is -0.362 e. The van der Waals surface area contributed by atoms with Crippen molar-refractivity contribution >= 4 is 5.91 Å². The van der Waals surface area contributed by atoms with E-state index in [2.05, 4.69) is 11.3 Å². The number of hydrogen-bond acceptors (Lipinski definition) is 3. The number of amides is 1. The molecule has 1 aromatic rings. The van der Waals surface area contributed by atoms with Gasteiger partial charge in [-0.25, -0.2) is 0 Å². The smallest absolute Gasteiger partial charge is 0.362 e. The van der Waals surface area contributed by atoms with Crippen LogP contribution in [-0.2, 0) is 17.9 Å². The van der Waals surface area contributed by atoms with Gasteiger partial charge in [-0.1, -0.05) is 11.8 Å². The van der Waals surface area contributed by atoms with Crippen LogP contribution in [0.5, 0.6) is 0 Å². The van der Waals surface area contributed by atoms with Gasteiger partial charge in [-0.15, -0.1) is 6.20 Å². The third kappa shape index (κ3) is 5.49. The zero-order valence-electron chi connectivity index (χ0n) is 12.3. The largest absolute Gasteiger partial charge is 1.00 e. The third-order valence-corrected chi connectivity index (χ3v) is 2.72. The molecule has 5 nitrogen and oxygen atoms in total. The fourth-order valence-electron chi connectivity index (χ4n) is 1.78. The number of rotatable bonds is 3. The molecule has 0 spiro atoms. The van der Waals surface area contributed by atoms with Crippen molar-refractivity contribution in [2.75, 3.05) is 27.2 Å². The van der Waals surface area contributed by atoms with Gasteiger partial charge in [0.15, 0.2) is 0 Å². The SMILES string of the molecule is CN(C)C/C=C/C(=O)N1CCn2n[c-]cc2C1.[CH3-].[K+]. The van der Waals surface area contributed by atoms with Crippen LogP contribution in [-0.4, -0.2) is 52.7 Å². The summed E-state index contributed by atoms with van der Waals surface area (Å²) >= 11 is 0. The van der Waals surface area contributed by atoms with Crippen LogP contribution in [0.4, 0.5) is 0 Å². The van der Waals surface area contributed by atoms with E-state index in [4.69, 9.17) is 0 Å². The first-order valence-electron chi connectivity index (χ1n) is 5.70. The van der Waals surface area contributed by atoms with Gasteiger partial charge < -0.3 is 27.0 Å². The second kappa shape index (κ2) is 9.04. The van der Waals surface area contributed by atoms with Crippen molar-refractivity contribution in [1.29, 1.82) is 0 Å². The first kappa shape index (κ1) is 19.0. The Labute approximate surface area is 158 Å². The summed E-state index contributed by atoms with van der Waals surface area (Å²) in [7, 11) is 3.95. The van der Waals surface area contributed by atoms with Crippen LogP contribution < -0.4 is 51.4 Å². The van der Waals surface area contributed by atoms with E-state index in [1.165, 1.54) is 0 Å². The van der Waals surface area contributed by atoms with E-state index in [9.17, 15) is 4.79 Å². The molecule has 2 heterocycles. The topological polar surface area (TPSA) is 41.4 Å². The molecule has 6 heteroatoms. The van der Waals surface area contributed by atoms with E-state index in [1.807, 2.05) is 40.7 Å². The molecule has 1 amide bonds. The Bertz CT molecular complexity index is 428. The zero-order valence-corrected chi connectivity index (χ0v) is 15.4. The molecule has 0 saturated heterocycles. The molecule has 0 aromatic carbocycles. The van der Waals surface area contributed by atoms with Gasteiger partial charge in [0.1, 0.15) is 0 Å². The zero-order chi connectivity index (χ0) is 12.3. The van der Waals surface area contributed by atoms with Crippen molar-refractivity contribution in [3.8, 4) is 0 Å². The molecule has 0 N–H and O–H groups in total. The third-order valence-electron chi connectivity index (χ3n) is 2.72.